The highest BCUT2D eigenvalue weighted by molar-refractivity contribution is 6.07. The van der Waals surface area contributed by atoms with E-state index in [-0.39, 0.29) is 11.7 Å². The third-order valence-electron chi connectivity index (χ3n) is 5.35. The van der Waals surface area contributed by atoms with Gasteiger partial charge in [-0.2, -0.15) is 0 Å². The Hall–Kier alpha value is -3.15. The van der Waals surface area contributed by atoms with Gasteiger partial charge in [0.25, 0.3) is 5.91 Å². The summed E-state index contributed by atoms with van der Waals surface area (Å²) >= 11 is 0. The Balaban J connectivity index is 1.74. The Bertz CT molecular complexity index is 1030. The normalized spacial score (nSPS) is 14.1. The monoisotopic (exact) mass is 393 g/mol. The zero-order valence-electron chi connectivity index (χ0n) is 16.5. The number of hydrogen-bond acceptors (Lipinski definition) is 4. The molecule has 1 amide bonds. The van der Waals surface area contributed by atoms with Crippen molar-refractivity contribution in [2.75, 3.05) is 25.5 Å². The molecule has 3 aromatic rings. The number of methoxy groups -OCH3 is 1. The molecule has 6 heteroatoms. The van der Waals surface area contributed by atoms with Crippen molar-refractivity contribution in [2.45, 2.75) is 25.8 Å². The molecule has 0 bridgehead atoms. The van der Waals surface area contributed by atoms with Gasteiger partial charge in [0.05, 0.1) is 23.9 Å². The van der Waals surface area contributed by atoms with E-state index in [1.54, 1.807) is 19.4 Å². The number of rotatable bonds is 5. The number of fused-ring (bicyclic) bond motifs is 1. The van der Waals surface area contributed by atoms with Crippen LogP contribution in [0.5, 0.6) is 5.75 Å². The highest BCUT2D eigenvalue weighted by Crippen LogP contribution is 2.30. The standard InChI is InChI=1S/C23H24FN3O2/c1-29-21-8-4-3-7-16(21)14-26-22-18-13-17(24)9-10-20(18)25-15-19(22)23(28)27-11-5-2-6-12-27/h3-4,7-10,13,15H,2,5-6,11-12,14H2,1H3,(H,25,26). The maximum Gasteiger partial charge on any atom is 0.257 e. The predicted octanol–water partition coefficient (Wildman–Crippen LogP) is 4.62. The van der Waals surface area contributed by atoms with Crippen molar-refractivity contribution in [3.63, 3.8) is 0 Å². The minimum Gasteiger partial charge on any atom is -0.496 e. The lowest BCUT2D eigenvalue weighted by molar-refractivity contribution is 0.0725. The lowest BCUT2D eigenvalue weighted by atomic mass is 10.1. The van der Waals surface area contributed by atoms with Crippen molar-refractivity contribution in [2.24, 2.45) is 0 Å². The quantitative estimate of drug-likeness (QED) is 0.687. The number of piperidine rings is 1. The maximum absolute atomic E-state index is 14.0. The largest absolute Gasteiger partial charge is 0.496 e. The molecular formula is C23H24FN3O2. The van der Waals surface area contributed by atoms with Crippen LogP contribution in [0.2, 0.25) is 0 Å². The second-order valence-corrected chi connectivity index (χ2v) is 7.23. The summed E-state index contributed by atoms with van der Waals surface area (Å²) in [4.78, 5) is 19.5. The molecule has 2 aromatic carbocycles. The second-order valence-electron chi connectivity index (χ2n) is 7.23. The van der Waals surface area contributed by atoms with Crippen molar-refractivity contribution in [1.82, 2.24) is 9.88 Å². The molecule has 0 saturated carbocycles. The minimum absolute atomic E-state index is 0.0640. The van der Waals surface area contributed by atoms with Crippen molar-refractivity contribution in [3.05, 3.63) is 65.6 Å². The average molecular weight is 393 g/mol. The van der Waals surface area contributed by atoms with Crippen LogP contribution in [0.25, 0.3) is 10.9 Å². The van der Waals surface area contributed by atoms with Gasteiger partial charge in [-0.1, -0.05) is 18.2 Å². The smallest absolute Gasteiger partial charge is 0.257 e. The summed E-state index contributed by atoms with van der Waals surface area (Å²) in [5, 5.41) is 3.96. The van der Waals surface area contributed by atoms with Crippen molar-refractivity contribution >= 4 is 22.5 Å². The fourth-order valence-corrected chi connectivity index (χ4v) is 3.82. The third kappa shape index (κ3) is 4.01. The number of nitrogens with zero attached hydrogens (tertiary/aromatic N) is 2. The van der Waals surface area contributed by atoms with Crippen LogP contribution in [0.4, 0.5) is 10.1 Å². The van der Waals surface area contributed by atoms with Gasteiger partial charge in [-0.25, -0.2) is 4.39 Å². The molecular weight excluding hydrogens is 369 g/mol. The van der Waals surface area contributed by atoms with Crippen LogP contribution in [0, 0.1) is 5.82 Å². The first-order valence-corrected chi connectivity index (χ1v) is 9.90. The molecule has 1 N–H and O–H groups in total. The number of amides is 1. The molecule has 0 unspecified atom stereocenters. The van der Waals surface area contributed by atoms with Gasteiger partial charge in [0, 0.05) is 36.8 Å². The van der Waals surface area contributed by atoms with Gasteiger partial charge in [0.1, 0.15) is 11.6 Å². The number of para-hydroxylation sites is 1. The van der Waals surface area contributed by atoms with E-state index in [1.807, 2.05) is 29.2 Å². The van der Waals surface area contributed by atoms with Gasteiger partial charge < -0.3 is 15.0 Å². The Kier molecular flexibility index (Phi) is 5.60. The summed E-state index contributed by atoms with van der Waals surface area (Å²) in [5.74, 6) is 0.335. The van der Waals surface area contributed by atoms with E-state index in [4.69, 9.17) is 4.74 Å². The number of anilines is 1. The summed E-state index contributed by atoms with van der Waals surface area (Å²) in [6, 6.07) is 12.1. The molecule has 1 aromatic heterocycles. The lowest BCUT2D eigenvalue weighted by Crippen LogP contribution is -2.36. The van der Waals surface area contributed by atoms with Gasteiger partial charge in [-0.15, -0.1) is 0 Å². The van der Waals surface area contributed by atoms with Crippen LogP contribution < -0.4 is 10.1 Å². The Morgan fingerprint density at radius 1 is 1.17 bits per heavy atom. The molecule has 0 spiro atoms. The lowest BCUT2D eigenvalue weighted by Gasteiger charge is -2.27. The fourth-order valence-electron chi connectivity index (χ4n) is 3.82. The number of halogens is 1. The van der Waals surface area contributed by atoms with Gasteiger partial charge in [-0.05, 0) is 43.5 Å². The highest BCUT2D eigenvalue weighted by Gasteiger charge is 2.23. The Morgan fingerprint density at radius 3 is 2.76 bits per heavy atom. The Morgan fingerprint density at radius 2 is 1.97 bits per heavy atom. The Labute approximate surface area is 169 Å². The number of benzene rings is 2. The third-order valence-corrected chi connectivity index (χ3v) is 5.35. The number of nitrogens with one attached hydrogen (secondary N) is 1. The van der Waals surface area contributed by atoms with E-state index < -0.39 is 0 Å². The van der Waals surface area contributed by atoms with E-state index in [9.17, 15) is 9.18 Å². The van der Waals surface area contributed by atoms with Gasteiger partial charge in [-0.3, -0.25) is 9.78 Å². The van der Waals surface area contributed by atoms with Crippen molar-refractivity contribution in [3.8, 4) is 5.75 Å². The number of likely N-dealkylation sites (tertiary alicyclic amines) is 1. The van der Waals surface area contributed by atoms with Crippen LogP contribution in [-0.2, 0) is 6.54 Å². The number of hydrogen-bond donors (Lipinski definition) is 1. The van der Waals surface area contributed by atoms with E-state index in [2.05, 4.69) is 10.3 Å². The van der Waals surface area contributed by atoms with E-state index in [1.165, 1.54) is 12.1 Å². The summed E-state index contributed by atoms with van der Waals surface area (Å²) in [5.41, 5.74) is 2.67. The molecule has 1 saturated heterocycles. The molecule has 1 aliphatic heterocycles. The van der Waals surface area contributed by atoms with Crippen molar-refractivity contribution in [1.29, 1.82) is 0 Å². The minimum atomic E-state index is -0.359. The molecule has 0 aliphatic carbocycles. The van der Waals surface area contributed by atoms with Gasteiger partial charge in [0.2, 0.25) is 0 Å². The zero-order chi connectivity index (χ0) is 20.2. The highest BCUT2D eigenvalue weighted by atomic mass is 19.1. The van der Waals surface area contributed by atoms with Crippen LogP contribution in [-0.4, -0.2) is 36.0 Å². The van der Waals surface area contributed by atoms with Gasteiger partial charge >= 0.3 is 0 Å². The molecule has 5 nitrogen and oxygen atoms in total. The summed E-state index contributed by atoms with van der Waals surface area (Å²) in [6.45, 7) is 1.93. The molecule has 1 fully saturated rings. The number of pyridine rings is 1. The molecule has 0 radical (unpaired) electrons. The predicted molar refractivity (Wildman–Crippen MR) is 112 cm³/mol. The fraction of sp³-hybridized carbons (Fsp3) is 0.304. The summed E-state index contributed by atoms with van der Waals surface area (Å²) in [6.07, 6.45) is 4.75. The molecule has 2 heterocycles. The SMILES string of the molecule is COc1ccccc1CNc1c(C(=O)N2CCCCC2)cnc2ccc(F)cc12. The maximum atomic E-state index is 14.0. The number of carbonyl (C=O) groups is 1. The molecule has 150 valence electrons. The topological polar surface area (TPSA) is 54.5 Å². The van der Waals surface area contributed by atoms with E-state index >= 15 is 0 Å². The molecule has 0 atom stereocenters. The number of ether oxygens (including phenoxy) is 1. The number of carbonyl (C=O) groups excluding carboxylic acids is 1. The van der Waals surface area contributed by atoms with Gasteiger partial charge in [0.15, 0.2) is 0 Å². The van der Waals surface area contributed by atoms with Crippen LogP contribution in [0.15, 0.2) is 48.7 Å². The summed E-state index contributed by atoms with van der Waals surface area (Å²) in [7, 11) is 1.63. The van der Waals surface area contributed by atoms with E-state index in [0.29, 0.717) is 28.7 Å². The summed E-state index contributed by atoms with van der Waals surface area (Å²) < 4.78 is 19.4. The second kappa shape index (κ2) is 8.47. The van der Waals surface area contributed by atoms with Crippen LogP contribution >= 0.6 is 0 Å². The zero-order valence-corrected chi connectivity index (χ0v) is 16.5. The van der Waals surface area contributed by atoms with Crippen LogP contribution in [0.3, 0.4) is 0 Å². The molecule has 29 heavy (non-hydrogen) atoms. The first-order chi connectivity index (χ1) is 14.2. The van der Waals surface area contributed by atoms with Crippen molar-refractivity contribution < 1.29 is 13.9 Å². The molecule has 4 rings (SSSR count). The first kappa shape index (κ1) is 19.2. The molecule has 1 aliphatic rings. The first-order valence-electron chi connectivity index (χ1n) is 9.90. The number of aromatic nitrogens is 1. The van der Waals surface area contributed by atoms with Crippen LogP contribution in [0.1, 0.15) is 35.2 Å². The van der Waals surface area contributed by atoms with E-state index in [0.717, 1.165) is 43.7 Å². The average Bonchev–Trinajstić information content (AvgIpc) is 2.77.